The highest BCUT2D eigenvalue weighted by Crippen LogP contribution is 2.31. The Balaban J connectivity index is 1.78. The van der Waals surface area contributed by atoms with Crippen LogP contribution >= 0.6 is 11.3 Å². The van der Waals surface area contributed by atoms with Crippen molar-refractivity contribution < 1.29 is 9.18 Å². The van der Waals surface area contributed by atoms with Crippen LogP contribution in [0.25, 0.3) is 10.2 Å². The fourth-order valence-electron chi connectivity index (χ4n) is 3.11. The number of nitrogens with zero attached hydrogens (tertiary/aromatic N) is 3. The van der Waals surface area contributed by atoms with E-state index in [1.807, 2.05) is 57.2 Å². The number of aryl methyl sites for hydroxylation is 3. The fourth-order valence-corrected chi connectivity index (χ4v) is 4.06. The molecule has 0 bridgehead atoms. The van der Waals surface area contributed by atoms with Crippen molar-refractivity contribution in [2.75, 3.05) is 5.01 Å². The second-order valence-electron chi connectivity index (χ2n) is 7.20. The van der Waals surface area contributed by atoms with E-state index in [1.54, 1.807) is 18.3 Å². The zero-order valence-electron chi connectivity index (χ0n) is 16.9. The Hall–Kier alpha value is -3.38. The van der Waals surface area contributed by atoms with E-state index in [2.05, 4.69) is 10.1 Å². The molecule has 0 saturated carbocycles. The number of carbonyl (C=O) groups excluding carboxylic acids is 1. The van der Waals surface area contributed by atoms with E-state index in [4.69, 9.17) is 0 Å². The van der Waals surface area contributed by atoms with Crippen molar-refractivity contribution in [3.8, 4) is 0 Å². The Morgan fingerprint density at radius 1 is 1.00 bits per heavy atom. The van der Waals surface area contributed by atoms with Gasteiger partial charge in [0.1, 0.15) is 5.82 Å². The third-order valence-corrected chi connectivity index (χ3v) is 5.72. The lowest BCUT2D eigenvalue weighted by molar-refractivity contribution is 0.0987. The monoisotopic (exact) mass is 417 g/mol. The molecule has 0 radical (unpaired) electrons. The molecule has 0 N–H and O–H groups in total. The van der Waals surface area contributed by atoms with Gasteiger partial charge in [0.15, 0.2) is 0 Å². The van der Waals surface area contributed by atoms with E-state index < -0.39 is 0 Å². The first-order valence-electron chi connectivity index (χ1n) is 9.49. The number of rotatable bonds is 4. The maximum atomic E-state index is 13.6. The number of thiazole rings is 1. The summed E-state index contributed by atoms with van der Waals surface area (Å²) in [6.45, 7) is 5.89. The van der Waals surface area contributed by atoms with Crippen molar-refractivity contribution >= 4 is 38.8 Å². The predicted molar refractivity (Wildman–Crippen MR) is 121 cm³/mol. The molecule has 0 aliphatic carbocycles. The molecule has 0 aliphatic heterocycles. The molecular formula is C24H20FN3OS. The summed E-state index contributed by atoms with van der Waals surface area (Å²) in [5.41, 5.74) is 5.12. The smallest absolute Gasteiger partial charge is 0.267 e. The van der Waals surface area contributed by atoms with Crippen LogP contribution in [-0.2, 0) is 0 Å². The average molecular weight is 418 g/mol. The molecule has 0 atom stereocenters. The Labute approximate surface area is 178 Å². The maximum absolute atomic E-state index is 13.6. The van der Waals surface area contributed by atoms with E-state index >= 15 is 0 Å². The predicted octanol–water partition coefficient (Wildman–Crippen LogP) is 6.04. The number of hydrazone groups is 1. The van der Waals surface area contributed by atoms with Gasteiger partial charge in [-0.05, 0) is 56.2 Å². The third-order valence-electron chi connectivity index (χ3n) is 4.72. The van der Waals surface area contributed by atoms with Gasteiger partial charge in [-0.25, -0.2) is 9.37 Å². The number of aromatic nitrogens is 1. The highest BCUT2D eigenvalue weighted by Gasteiger charge is 2.22. The lowest BCUT2D eigenvalue weighted by atomic mass is 10.1. The van der Waals surface area contributed by atoms with E-state index in [9.17, 15) is 9.18 Å². The van der Waals surface area contributed by atoms with Crippen LogP contribution in [0.5, 0.6) is 0 Å². The van der Waals surface area contributed by atoms with Crippen LogP contribution in [0.15, 0.2) is 65.8 Å². The minimum absolute atomic E-state index is 0.282. The van der Waals surface area contributed by atoms with Crippen LogP contribution in [0.3, 0.4) is 0 Å². The first-order valence-corrected chi connectivity index (χ1v) is 10.3. The molecule has 0 saturated heterocycles. The number of anilines is 1. The van der Waals surface area contributed by atoms with Crippen molar-refractivity contribution in [2.24, 2.45) is 5.10 Å². The number of amides is 1. The minimum Gasteiger partial charge on any atom is -0.267 e. The zero-order chi connectivity index (χ0) is 21.3. The van der Waals surface area contributed by atoms with Gasteiger partial charge in [-0.2, -0.15) is 10.1 Å². The number of benzene rings is 3. The van der Waals surface area contributed by atoms with Gasteiger partial charge in [-0.3, -0.25) is 4.79 Å². The molecule has 6 heteroatoms. The van der Waals surface area contributed by atoms with E-state index in [0.29, 0.717) is 20.9 Å². The quantitative estimate of drug-likeness (QED) is 0.300. The lowest BCUT2D eigenvalue weighted by Crippen LogP contribution is -2.26. The molecule has 0 aliphatic rings. The standard InChI is InChI=1S/C24H20FN3OS/c1-15-4-7-18(8-5-15)14-26-28(23(29)20-10-6-16(2)12-17(20)3)24-27-21-11-9-19(25)13-22(21)30-24/h4-14H,1-3H3/b26-14+. The number of hydrogen-bond acceptors (Lipinski definition) is 4. The summed E-state index contributed by atoms with van der Waals surface area (Å²) < 4.78 is 14.3. The molecule has 0 unspecified atom stereocenters. The van der Waals surface area contributed by atoms with Crippen molar-refractivity contribution in [3.63, 3.8) is 0 Å². The third kappa shape index (κ3) is 4.14. The summed E-state index contributed by atoms with van der Waals surface area (Å²) in [5.74, 6) is -0.622. The van der Waals surface area contributed by atoms with Gasteiger partial charge in [0.05, 0.1) is 16.4 Å². The number of halogens is 1. The maximum Gasteiger partial charge on any atom is 0.281 e. The first-order chi connectivity index (χ1) is 14.4. The molecule has 1 aromatic heterocycles. The summed E-state index contributed by atoms with van der Waals surface area (Å²) in [4.78, 5) is 17.9. The summed E-state index contributed by atoms with van der Waals surface area (Å²) in [6, 6.07) is 17.9. The van der Waals surface area contributed by atoms with Crippen LogP contribution in [0, 0.1) is 26.6 Å². The van der Waals surface area contributed by atoms with Gasteiger partial charge < -0.3 is 0 Å². The molecule has 150 valence electrons. The van der Waals surface area contributed by atoms with Crippen molar-refractivity contribution in [2.45, 2.75) is 20.8 Å². The van der Waals surface area contributed by atoms with Gasteiger partial charge in [0, 0.05) is 5.56 Å². The van der Waals surface area contributed by atoms with E-state index in [0.717, 1.165) is 22.3 Å². The molecule has 1 heterocycles. The zero-order valence-corrected chi connectivity index (χ0v) is 17.7. The second-order valence-corrected chi connectivity index (χ2v) is 8.21. The summed E-state index contributed by atoms with van der Waals surface area (Å²) in [6.07, 6.45) is 1.63. The van der Waals surface area contributed by atoms with Gasteiger partial charge >= 0.3 is 0 Å². The number of carbonyl (C=O) groups is 1. The van der Waals surface area contributed by atoms with Gasteiger partial charge in [-0.1, -0.05) is 58.9 Å². The Kier molecular flexibility index (Phi) is 5.42. The van der Waals surface area contributed by atoms with Crippen molar-refractivity contribution in [1.29, 1.82) is 0 Å². The summed E-state index contributed by atoms with van der Waals surface area (Å²) in [7, 11) is 0. The fraction of sp³-hybridized carbons (Fsp3) is 0.125. The van der Waals surface area contributed by atoms with Crippen LogP contribution in [0.4, 0.5) is 9.52 Å². The molecule has 4 rings (SSSR count). The molecule has 0 spiro atoms. The van der Waals surface area contributed by atoms with Crippen LogP contribution in [-0.4, -0.2) is 17.1 Å². The first kappa shape index (κ1) is 19.9. The number of fused-ring (bicyclic) bond motifs is 1. The molecule has 1 amide bonds. The van der Waals surface area contributed by atoms with Crippen molar-refractivity contribution in [3.05, 3.63) is 94.3 Å². The molecule has 3 aromatic carbocycles. The van der Waals surface area contributed by atoms with Crippen molar-refractivity contribution in [1.82, 2.24) is 4.98 Å². The second kappa shape index (κ2) is 8.16. The van der Waals surface area contributed by atoms with Crippen LogP contribution in [0.2, 0.25) is 0 Å². The van der Waals surface area contributed by atoms with E-state index in [-0.39, 0.29) is 11.7 Å². The topological polar surface area (TPSA) is 45.6 Å². The van der Waals surface area contributed by atoms with Gasteiger partial charge in [0.2, 0.25) is 5.13 Å². The Bertz CT molecular complexity index is 1260. The highest BCUT2D eigenvalue weighted by molar-refractivity contribution is 7.22. The van der Waals surface area contributed by atoms with Gasteiger partial charge in [-0.15, -0.1) is 0 Å². The molecule has 30 heavy (non-hydrogen) atoms. The molecular weight excluding hydrogens is 397 g/mol. The normalized spacial score (nSPS) is 11.3. The minimum atomic E-state index is -0.340. The van der Waals surface area contributed by atoms with Gasteiger partial charge in [0.25, 0.3) is 5.91 Å². The summed E-state index contributed by atoms with van der Waals surface area (Å²) >= 11 is 1.23. The van der Waals surface area contributed by atoms with Crippen LogP contribution < -0.4 is 5.01 Å². The number of hydrogen-bond donors (Lipinski definition) is 0. The molecule has 0 fully saturated rings. The Morgan fingerprint density at radius 2 is 1.73 bits per heavy atom. The van der Waals surface area contributed by atoms with Crippen LogP contribution in [0.1, 0.15) is 32.6 Å². The average Bonchev–Trinajstić information content (AvgIpc) is 3.12. The Morgan fingerprint density at radius 3 is 2.47 bits per heavy atom. The molecule has 4 aromatic rings. The highest BCUT2D eigenvalue weighted by atomic mass is 32.1. The largest absolute Gasteiger partial charge is 0.281 e. The lowest BCUT2D eigenvalue weighted by Gasteiger charge is -2.15. The summed E-state index contributed by atoms with van der Waals surface area (Å²) in [5, 5.41) is 6.15. The van der Waals surface area contributed by atoms with E-state index in [1.165, 1.54) is 28.5 Å². The molecule has 4 nitrogen and oxygen atoms in total. The SMILES string of the molecule is Cc1ccc(/C=N/N(C(=O)c2ccc(C)cc2C)c2nc3ccc(F)cc3s2)cc1.